The first-order valence-electron chi connectivity index (χ1n) is 11.4. The Balaban J connectivity index is 1.66. The summed E-state index contributed by atoms with van der Waals surface area (Å²) >= 11 is 0. The maximum atomic E-state index is 13.4. The van der Waals surface area contributed by atoms with Crippen molar-refractivity contribution >= 4 is 17.3 Å². The van der Waals surface area contributed by atoms with Crippen molar-refractivity contribution in [2.24, 2.45) is 0 Å². The van der Waals surface area contributed by atoms with Gasteiger partial charge in [0.15, 0.2) is 0 Å². The summed E-state index contributed by atoms with van der Waals surface area (Å²) in [5.41, 5.74) is 6.12. The number of carbonyl (C=O) groups is 1. The molecule has 1 unspecified atom stereocenters. The summed E-state index contributed by atoms with van der Waals surface area (Å²) in [4.78, 5) is 19.8. The average Bonchev–Trinajstić information content (AvgIpc) is 3.33. The van der Waals surface area contributed by atoms with Gasteiger partial charge < -0.3 is 14.6 Å². The molecule has 4 aromatic rings. The maximum Gasteiger partial charge on any atom is 0.326 e. The Morgan fingerprint density at radius 1 is 0.943 bits per heavy atom. The van der Waals surface area contributed by atoms with Crippen molar-refractivity contribution in [2.75, 3.05) is 12.0 Å². The molecule has 5 rings (SSSR count). The summed E-state index contributed by atoms with van der Waals surface area (Å²) in [5, 5.41) is 7.39. The molecule has 7 heteroatoms. The number of anilines is 1. The van der Waals surface area contributed by atoms with Crippen LogP contribution in [0.15, 0.2) is 83.0 Å². The lowest BCUT2D eigenvalue weighted by molar-refractivity contribution is 0.244. The Hall–Kier alpha value is -4.39. The highest BCUT2D eigenvalue weighted by atomic mass is 16.5. The van der Waals surface area contributed by atoms with Gasteiger partial charge in [0, 0.05) is 11.3 Å². The molecule has 1 N–H and O–H groups in total. The number of benzene rings is 3. The summed E-state index contributed by atoms with van der Waals surface area (Å²) in [6.45, 7) is 5.95. The highest BCUT2D eigenvalue weighted by Gasteiger charge is 2.36. The number of hydrogen-bond acceptors (Lipinski definition) is 5. The highest BCUT2D eigenvalue weighted by molar-refractivity contribution is 6.01. The monoisotopic (exact) mass is 466 g/mol. The van der Waals surface area contributed by atoms with Gasteiger partial charge in [-0.05, 0) is 61.7 Å². The second-order valence-electron chi connectivity index (χ2n) is 8.63. The van der Waals surface area contributed by atoms with E-state index in [9.17, 15) is 4.79 Å². The van der Waals surface area contributed by atoms with Crippen LogP contribution >= 0.6 is 0 Å². The first-order chi connectivity index (χ1) is 16.9. The van der Waals surface area contributed by atoms with Crippen LogP contribution in [0.4, 0.5) is 10.5 Å². The van der Waals surface area contributed by atoms with Crippen LogP contribution in [0.3, 0.4) is 0 Å². The Bertz CT molecular complexity index is 1400. The van der Waals surface area contributed by atoms with E-state index in [0.717, 1.165) is 39.2 Å². The first kappa shape index (κ1) is 22.4. The number of hydrogen-bond donors (Lipinski definition) is 1. The number of nitrogens with one attached hydrogen (secondary N) is 1. The van der Waals surface area contributed by atoms with Gasteiger partial charge in [-0.1, -0.05) is 53.7 Å². The number of urea groups is 1. The lowest BCUT2D eigenvalue weighted by atomic mass is 9.94. The van der Waals surface area contributed by atoms with Gasteiger partial charge in [-0.3, -0.25) is 4.90 Å². The molecule has 0 saturated heterocycles. The molecular weight excluding hydrogens is 440 g/mol. The Morgan fingerprint density at radius 3 is 2.40 bits per heavy atom. The van der Waals surface area contributed by atoms with Crippen molar-refractivity contribution in [2.45, 2.75) is 26.8 Å². The molecule has 0 aliphatic carbocycles. The van der Waals surface area contributed by atoms with E-state index in [1.54, 1.807) is 12.0 Å². The van der Waals surface area contributed by atoms with Crippen molar-refractivity contribution in [3.63, 3.8) is 0 Å². The van der Waals surface area contributed by atoms with E-state index in [4.69, 9.17) is 14.2 Å². The zero-order valence-electron chi connectivity index (χ0n) is 20.1. The first-order valence-corrected chi connectivity index (χ1v) is 11.4. The molecule has 1 aromatic heterocycles. The number of aryl methyl sites for hydroxylation is 2. The van der Waals surface area contributed by atoms with Gasteiger partial charge >= 0.3 is 6.03 Å². The molecule has 7 nitrogen and oxygen atoms in total. The molecule has 0 spiro atoms. The highest BCUT2D eigenvalue weighted by Crippen LogP contribution is 2.39. The van der Waals surface area contributed by atoms with E-state index in [1.165, 1.54) is 0 Å². The molecule has 2 heterocycles. The molecule has 35 heavy (non-hydrogen) atoms. The molecule has 1 atom stereocenters. The van der Waals surface area contributed by atoms with Crippen LogP contribution in [0.1, 0.15) is 35.5 Å². The van der Waals surface area contributed by atoms with Gasteiger partial charge in [0.1, 0.15) is 5.75 Å². The Morgan fingerprint density at radius 2 is 1.69 bits per heavy atom. The van der Waals surface area contributed by atoms with Crippen molar-refractivity contribution in [1.29, 1.82) is 0 Å². The summed E-state index contributed by atoms with van der Waals surface area (Å²) in [5.74, 6) is 1.50. The van der Waals surface area contributed by atoms with Crippen molar-refractivity contribution in [3.05, 3.63) is 101 Å². The number of ether oxygens (including phenoxy) is 1. The second kappa shape index (κ2) is 9.10. The van der Waals surface area contributed by atoms with Gasteiger partial charge in [-0.2, -0.15) is 4.98 Å². The summed E-state index contributed by atoms with van der Waals surface area (Å²) < 4.78 is 11.1. The van der Waals surface area contributed by atoms with Crippen molar-refractivity contribution in [3.8, 4) is 17.1 Å². The molecule has 0 saturated carbocycles. The SMILES string of the molecule is COc1cccc(-c2noc(C3=C(C)N(c4cc(C)cc(C)c4)C(=O)NC3c3ccccc3)n2)c1. The third kappa shape index (κ3) is 4.28. The van der Waals surface area contributed by atoms with Crippen LogP contribution in [-0.4, -0.2) is 23.3 Å². The van der Waals surface area contributed by atoms with Gasteiger partial charge in [0.25, 0.3) is 5.89 Å². The summed E-state index contributed by atoms with van der Waals surface area (Å²) in [6, 6.07) is 22.7. The molecule has 1 aliphatic heterocycles. The Kier molecular flexibility index (Phi) is 5.82. The molecule has 0 bridgehead atoms. The summed E-state index contributed by atoms with van der Waals surface area (Å²) in [6.07, 6.45) is 0. The minimum atomic E-state index is -0.440. The third-order valence-electron chi connectivity index (χ3n) is 6.07. The second-order valence-corrected chi connectivity index (χ2v) is 8.63. The van der Waals surface area contributed by atoms with E-state index in [2.05, 4.69) is 16.5 Å². The third-order valence-corrected chi connectivity index (χ3v) is 6.07. The zero-order valence-corrected chi connectivity index (χ0v) is 20.1. The molecule has 0 radical (unpaired) electrons. The predicted molar refractivity (Wildman–Crippen MR) is 135 cm³/mol. The van der Waals surface area contributed by atoms with Gasteiger partial charge in [-0.15, -0.1) is 0 Å². The van der Waals surface area contributed by atoms with Crippen LogP contribution in [0.25, 0.3) is 17.0 Å². The fraction of sp³-hybridized carbons (Fsp3) is 0.179. The lowest BCUT2D eigenvalue weighted by Crippen LogP contribution is -2.46. The molecule has 176 valence electrons. The fourth-order valence-electron chi connectivity index (χ4n) is 4.52. The molecule has 0 fully saturated rings. The smallest absolute Gasteiger partial charge is 0.326 e. The zero-order chi connectivity index (χ0) is 24.5. The summed E-state index contributed by atoms with van der Waals surface area (Å²) in [7, 11) is 1.62. The van der Waals surface area contributed by atoms with Crippen molar-refractivity contribution in [1.82, 2.24) is 15.5 Å². The lowest BCUT2D eigenvalue weighted by Gasteiger charge is -2.35. The van der Waals surface area contributed by atoms with Crippen LogP contribution in [0.5, 0.6) is 5.75 Å². The van der Waals surface area contributed by atoms with E-state index >= 15 is 0 Å². The number of rotatable bonds is 5. The van der Waals surface area contributed by atoms with E-state index in [-0.39, 0.29) is 6.03 Å². The van der Waals surface area contributed by atoms with Crippen LogP contribution in [0.2, 0.25) is 0 Å². The number of carbonyl (C=O) groups excluding carboxylic acids is 1. The van der Waals surface area contributed by atoms with Crippen LogP contribution in [0, 0.1) is 13.8 Å². The number of nitrogens with zero attached hydrogens (tertiary/aromatic N) is 3. The number of amides is 2. The van der Waals surface area contributed by atoms with E-state index in [1.807, 2.05) is 87.5 Å². The fourth-order valence-corrected chi connectivity index (χ4v) is 4.52. The molecule has 1 aliphatic rings. The molecular formula is C28H26N4O3. The Labute approximate surface area is 204 Å². The van der Waals surface area contributed by atoms with Gasteiger partial charge in [0.2, 0.25) is 5.82 Å². The normalized spacial score (nSPS) is 15.8. The van der Waals surface area contributed by atoms with Crippen LogP contribution in [-0.2, 0) is 0 Å². The van der Waals surface area contributed by atoms with Crippen LogP contribution < -0.4 is 15.0 Å². The minimum absolute atomic E-state index is 0.211. The molecule has 3 aromatic carbocycles. The maximum absolute atomic E-state index is 13.4. The van der Waals surface area contributed by atoms with Gasteiger partial charge in [-0.25, -0.2) is 4.79 Å². The van der Waals surface area contributed by atoms with E-state index < -0.39 is 6.04 Å². The minimum Gasteiger partial charge on any atom is -0.497 e. The van der Waals surface area contributed by atoms with Crippen molar-refractivity contribution < 1.29 is 14.1 Å². The number of methoxy groups -OCH3 is 1. The largest absolute Gasteiger partial charge is 0.497 e. The quantitative estimate of drug-likeness (QED) is 0.386. The topological polar surface area (TPSA) is 80.5 Å². The average molecular weight is 467 g/mol. The van der Waals surface area contributed by atoms with E-state index in [0.29, 0.717) is 17.5 Å². The van der Waals surface area contributed by atoms with Gasteiger partial charge in [0.05, 0.1) is 24.4 Å². The number of aromatic nitrogens is 2. The standard InChI is InChI=1S/C28H26N4O3/c1-17-13-18(2)15-22(14-17)32-19(3)24(25(29-28(32)33)20-9-6-5-7-10-20)27-30-26(31-35-27)21-11-8-12-23(16-21)34-4/h5-16,25H,1-4H3,(H,29,33). The number of allylic oxidation sites excluding steroid dienone is 1. The predicted octanol–water partition coefficient (Wildman–Crippen LogP) is 6.06. The molecule has 2 amide bonds.